The minimum absolute atomic E-state index is 0.0739. The number of rotatable bonds is 14. The van der Waals surface area contributed by atoms with E-state index in [1.807, 2.05) is 13.8 Å². The summed E-state index contributed by atoms with van der Waals surface area (Å²) in [5.74, 6) is -4.41. The highest BCUT2D eigenvalue weighted by Crippen LogP contribution is 2.20. The first-order valence-electron chi connectivity index (χ1n) is 11.3. The number of likely N-dealkylation sites (tertiary alicyclic amines) is 1. The van der Waals surface area contributed by atoms with Gasteiger partial charge in [0.05, 0.1) is 6.04 Å². The maximum absolute atomic E-state index is 13.2. The molecule has 0 aliphatic carbocycles. The summed E-state index contributed by atoms with van der Waals surface area (Å²) in [6.07, 6.45) is 0.476. The minimum Gasteiger partial charge on any atom is -0.480 e. The molecule has 5 amide bonds. The van der Waals surface area contributed by atoms with Crippen LogP contribution < -0.4 is 27.8 Å². The molecule has 0 radical (unpaired) electrons. The molecule has 13 heteroatoms. The van der Waals surface area contributed by atoms with Crippen LogP contribution in [0.2, 0.25) is 0 Å². The summed E-state index contributed by atoms with van der Waals surface area (Å²) >= 11 is 0. The van der Waals surface area contributed by atoms with Crippen LogP contribution in [0.1, 0.15) is 58.8 Å². The second-order valence-electron chi connectivity index (χ2n) is 8.90. The van der Waals surface area contributed by atoms with E-state index in [4.69, 9.17) is 17.2 Å². The number of hydrogen-bond acceptors (Lipinski definition) is 7. The van der Waals surface area contributed by atoms with E-state index < -0.39 is 59.7 Å². The standard InChI is InChI=1S/C21H36N6O7/c1-11(2)10-12(22)18(30)25-13(5-7-16(23)28)20(32)27-9-3-4-15(27)19(31)26-14(21(33)34)6-8-17(24)29/h11-15H,3-10,22H2,1-2H3,(H2,23,28)(H2,24,29)(H,25,30)(H,26,31)(H,33,34). The van der Waals surface area contributed by atoms with Gasteiger partial charge in [0.15, 0.2) is 0 Å². The van der Waals surface area contributed by atoms with Gasteiger partial charge < -0.3 is 37.8 Å². The Kier molecular flexibility index (Phi) is 11.4. The second kappa shape index (κ2) is 13.5. The van der Waals surface area contributed by atoms with Crippen molar-refractivity contribution >= 4 is 35.5 Å². The van der Waals surface area contributed by atoms with Crippen LogP contribution in [0.15, 0.2) is 0 Å². The lowest BCUT2D eigenvalue weighted by Gasteiger charge is -2.30. The average Bonchev–Trinajstić information content (AvgIpc) is 3.22. The summed E-state index contributed by atoms with van der Waals surface area (Å²) in [6.45, 7) is 3.99. The number of nitrogens with zero attached hydrogens (tertiary/aromatic N) is 1. The van der Waals surface area contributed by atoms with Gasteiger partial charge >= 0.3 is 5.97 Å². The molecule has 1 heterocycles. The Bertz CT molecular complexity index is 788. The van der Waals surface area contributed by atoms with Crippen molar-refractivity contribution in [3.8, 4) is 0 Å². The number of nitrogens with two attached hydrogens (primary N) is 3. The topological polar surface area (TPSA) is 228 Å². The number of carboxylic acids is 1. The third kappa shape index (κ3) is 9.33. The molecule has 4 atom stereocenters. The fourth-order valence-corrected chi connectivity index (χ4v) is 3.75. The third-order valence-electron chi connectivity index (χ3n) is 5.49. The van der Waals surface area contributed by atoms with Crippen molar-refractivity contribution in [3.63, 3.8) is 0 Å². The van der Waals surface area contributed by atoms with E-state index in [-0.39, 0.29) is 44.6 Å². The van der Waals surface area contributed by atoms with E-state index in [2.05, 4.69) is 10.6 Å². The number of hydrogen-bond donors (Lipinski definition) is 6. The van der Waals surface area contributed by atoms with Gasteiger partial charge in [-0.15, -0.1) is 0 Å². The number of aliphatic carboxylic acids is 1. The van der Waals surface area contributed by atoms with Crippen LogP contribution in [-0.4, -0.2) is 76.2 Å². The summed E-state index contributed by atoms with van der Waals surface area (Å²) in [5.41, 5.74) is 16.2. The van der Waals surface area contributed by atoms with E-state index >= 15 is 0 Å². The molecule has 0 spiro atoms. The van der Waals surface area contributed by atoms with E-state index in [0.29, 0.717) is 12.8 Å². The van der Waals surface area contributed by atoms with Gasteiger partial charge in [-0.25, -0.2) is 4.79 Å². The van der Waals surface area contributed by atoms with Crippen molar-refractivity contribution in [2.45, 2.75) is 83.0 Å². The Morgan fingerprint density at radius 1 is 0.971 bits per heavy atom. The SMILES string of the molecule is CC(C)CC(N)C(=O)NC(CCC(N)=O)C(=O)N1CCCC1C(=O)NC(CCC(N)=O)C(=O)O. The van der Waals surface area contributed by atoms with Crippen LogP contribution in [0.25, 0.3) is 0 Å². The Hall–Kier alpha value is -3.22. The van der Waals surface area contributed by atoms with Crippen molar-refractivity contribution in [1.82, 2.24) is 15.5 Å². The Labute approximate surface area is 198 Å². The molecule has 13 nitrogen and oxygen atoms in total. The number of carbonyl (C=O) groups excluding carboxylic acids is 5. The van der Waals surface area contributed by atoms with Gasteiger partial charge in [-0.3, -0.25) is 24.0 Å². The van der Waals surface area contributed by atoms with Crippen LogP contribution in [0.4, 0.5) is 0 Å². The van der Waals surface area contributed by atoms with Gasteiger partial charge in [0.25, 0.3) is 0 Å². The van der Waals surface area contributed by atoms with Crippen LogP contribution in [-0.2, 0) is 28.8 Å². The maximum Gasteiger partial charge on any atom is 0.326 e. The smallest absolute Gasteiger partial charge is 0.326 e. The second-order valence-corrected chi connectivity index (χ2v) is 8.90. The first-order chi connectivity index (χ1) is 15.8. The van der Waals surface area contributed by atoms with Crippen LogP contribution >= 0.6 is 0 Å². The summed E-state index contributed by atoms with van der Waals surface area (Å²) < 4.78 is 0. The summed E-state index contributed by atoms with van der Waals surface area (Å²) in [4.78, 5) is 73.5. The van der Waals surface area contributed by atoms with Crippen molar-refractivity contribution in [2.24, 2.45) is 23.1 Å². The molecule has 1 aliphatic heterocycles. The molecule has 0 aromatic heterocycles. The number of amides is 5. The average molecular weight is 485 g/mol. The molecule has 0 bridgehead atoms. The molecule has 0 aromatic carbocycles. The molecule has 0 saturated carbocycles. The molecule has 192 valence electrons. The molecule has 0 aromatic rings. The van der Waals surface area contributed by atoms with E-state index in [1.54, 1.807) is 0 Å². The van der Waals surface area contributed by atoms with Gasteiger partial charge in [-0.1, -0.05) is 13.8 Å². The van der Waals surface area contributed by atoms with Gasteiger partial charge in [-0.2, -0.15) is 0 Å². The number of carboxylic acid groups (broad SMARTS) is 1. The Morgan fingerprint density at radius 3 is 2.03 bits per heavy atom. The van der Waals surface area contributed by atoms with Gasteiger partial charge in [0.1, 0.15) is 18.1 Å². The molecule has 1 fully saturated rings. The van der Waals surface area contributed by atoms with Crippen molar-refractivity contribution in [3.05, 3.63) is 0 Å². The summed E-state index contributed by atoms with van der Waals surface area (Å²) in [5, 5.41) is 14.2. The van der Waals surface area contributed by atoms with Crippen molar-refractivity contribution in [2.75, 3.05) is 6.54 Å². The highest BCUT2D eigenvalue weighted by molar-refractivity contribution is 5.94. The third-order valence-corrected chi connectivity index (χ3v) is 5.49. The number of nitrogens with one attached hydrogen (secondary N) is 2. The lowest BCUT2D eigenvalue weighted by molar-refractivity contribution is -0.145. The molecule has 34 heavy (non-hydrogen) atoms. The highest BCUT2D eigenvalue weighted by atomic mass is 16.4. The largest absolute Gasteiger partial charge is 0.480 e. The summed E-state index contributed by atoms with van der Waals surface area (Å²) in [6, 6.07) is -4.31. The zero-order valence-corrected chi connectivity index (χ0v) is 19.6. The first kappa shape index (κ1) is 28.8. The van der Waals surface area contributed by atoms with E-state index in [9.17, 15) is 33.9 Å². The maximum atomic E-state index is 13.2. The van der Waals surface area contributed by atoms with Crippen LogP contribution in [0.5, 0.6) is 0 Å². The fraction of sp³-hybridized carbons (Fsp3) is 0.714. The predicted octanol–water partition coefficient (Wildman–Crippen LogP) is -2.06. The van der Waals surface area contributed by atoms with Crippen molar-refractivity contribution < 1.29 is 33.9 Å². The van der Waals surface area contributed by atoms with Crippen LogP contribution in [0, 0.1) is 5.92 Å². The molecule has 4 unspecified atom stereocenters. The van der Waals surface area contributed by atoms with Gasteiger partial charge in [-0.05, 0) is 38.0 Å². The number of carbonyl (C=O) groups is 6. The lowest BCUT2D eigenvalue weighted by Crippen LogP contribution is -2.57. The van der Waals surface area contributed by atoms with Gasteiger partial charge in [0, 0.05) is 19.4 Å². The molecule has 1 aliphatic rings. The highest BCUT2D eigenvalue weighted by Gasteiger charge is 2.39. The normalized spacial score (nSPS) is 18.1. The quantitative estimate of drug-likeness (QED) is 0.160. The zero-order chi connectivity index (χ0) is 26.0. The monoisotopic (exact) mass is 484 g/mol. The zero-order valence-electron chi connectivity index (χ0n) is 19.6. The van der Waals surface area contributed by atoms with Gasteiger partial charge in [0.2, 0.25) is 29.5 Å². The molecular formula is C21H36N6O7. The molecular weight excluding hydrogens is 448 g/mol. The molecule has 1 rings (SSSR count). The first-order valence-corrected chi connectivity index (χ1v) is 11.3. The van der Waals surface area contributed by atoms with E-state index in [1.165, 1.54) is 4.90 Å². The lowest BCUT2D eigenvalue weighted by atomic mass is 10.0. The van der Waals surface area contributed by atoms with E-state index in [0.717, 1.165) is 0 Å². The number of primary amides is 2. The summed E-state index contributed by atoms with van der Waals surface area (Å²) in [7, 11) is 0. The minimum atomic E-state index is -1.35. The fourth-order valence-electron chi connectivity index (χ4n) is 3.75. The van der Waals surface area contributed by atoms with Crippen molar-refractivity contribution in [1.29, 1.82) is 0 Å². The van der Waals surface area contributed by atoms with Crippen LogP contribution in [0.3, 0.4) is 0 Å². The Balaban J connectivity index is 2.96. The predicted molar refractivity (Wildman–Crippen MR) is 121 cm³/mol. The Morgan fingerprint density at radius 2 is 1.53 bits per heavy atom. The molecule has 9 N–H and O–H groups in total. The molecule has 1 saturated heterocycles.